The summed E-state index contributed by atoms with van der Waals surface area (Å²) in [6.07, 6.45) is 2.10. The summed E-state index contributed by atoms with van der Waals surface area (Å²) in [5.74, 6) is -0.411. The third kappa shape index (κ3) is 3.32. The lowest BCUT2D eigenvalue weighted by Crippen LogP contribution is -2.02. The normalized spacial score (nSPS) is 10.2. The van der Waals surface area contributed by atoms with E-state index in [1.54, 1.807) is 5.38 Å². The Labute approximate surface area is 116 Å². The maximum atomic E-state index is 11.3. The van der Waals surface area contributed by atoms with E-state index in [-0.39, 0.29) is 0 Å². The van der Waals surface area contributed by atoms with Gasteiger partial charge in [0, 0.05) is 11.1 Å². The molecule has 0 atom stereocenters. The summed E-state index contributed by atoms with van der Waals surface area (Å²) in [6, 6.07) is 8.12. The van der Waals surface area contributed by atoms with Crippen LogP contribution in [0.25, 0.3) is 0 Å². The number of hydrogen-bond acceptors (Lipinski definition) is 5. The number of carbonyl (C=O) groups is 1. The van der Waals surface area contributed by atoms with Crippen molar-refractivity contribution in [2.45, 2.75) is 19.8 Å². The van der Waals surface area contributed by atoms with E-state index in [0.29, 0.717) is 10.8 Å². The van der Waals surface area contributed by atoms with Crippen molar-refractivity contribution in [3.05, 3.63) is 40.9 Å². The number of thiazole rings is 1. The molecule has 5 heteroatoms. The maximum absolute atomic E-state index is 11.3. The minimum Gasteiger partial charge on any atom is -0.464 e. The van der Waals surface area contributed by atoms with Gasteiger partial charge in [-0.25, -0.2) is 9.78 Å². The van der Waals surface area contributed by atoms with Crippen LogP contribution in [0.5, 0.6) is 0 Å². The minimum absolute atomic E-state index is 0.336. The Kier molecular flexibility index (Phi) is 4.52. The molecule has 0 aliphatic rings. The molecule has 0 saturated heterocycles. The molecule has 4 nitrogen and oxygen atoms in total. The van der Waals surface area contributed by atoms with Gasteiger partial charge in [0.05, 0.1) is 7.11 Å². The first kappa shape index (κ1) is 13.5. The highest BCUT2D eigenvalue weighted by Gasteiger charge is 2.11. The monoisotopic (exact) mass is 276 g/mol. The number of para-hydroxylation sites is 1. The van der Waals surface area contributed by atoms with Gasteiger partial charge in [-0.1, -0.05) is 31.5 Å². The third-order valence-corrected chi connectivity index (χ3v) is 3.43. The van der Waals surface area contributed by atoms with E-state index in [2.05, 4.69) is 28.0 Å². The van der Waals surface area contributed by atoms with Gasteiger partial charge in [-0.3, -0.25) is 0 Å². The standard InChI is InChI=1S/C14H16N2O2S/c1-3-6-10-7-4-5-8-11(10)15-14-16-12(9-19-14)13(17)18-2/h4-5,7-9H,3,6H2,1-2H3,(H,15,16). The van der Waals surface area contributed by atoms with Crippen molar-refractivity contribution in [3.63, 3.8) is 0 Å². The van der Waals surface area contributed by atoms with Crippen molar-refractivity contribution in [2.75, 3.05) is 12.4 Å². The number of methoxy groups -OCH3 is 1. The molecule has 100 valence electrons. The van der Waals surface area contributed by atoms with Gasteiger partial charge >= 0.3 is 5.97 Å². The molecule has 0 aliphatic carbocycles. The molecular weight excluding hydrogens is 260 g/mol. The third-order valence-electron chi connectivity index (χ3n) is 2.68. The van der Waals surface area contributed by atoms with Crippen molar-refractivity contribution in [3.8, 4) is 0 Å². The van der Waals surface area contributed by atoms with Crippen LogP contribution in [0.2, 0.25) is 0 Å². The fraction of sp³-hybridized carbons (Fsp3) is 0.286. The zero-order valence-corrected chi connectivity index (χ0v) is 11.8. The highest BCUT2D eigenvalue weighted by molar-refractivity contribution is 7.14. The van der Waals surface area contributed by atoms with E-state index in [9.17, 15) is 4.79 Å². The SMILES string of the molecule is CCCc1ccccc1Nc1nc(C(=O)OC)cs1. The number of aromatic nitrogens is 1. The van der Waals surface area contributed by atoms with E-state index in [4.69, 9.17) is 0 Å². The lowest BCUT2D eigenvalue weighted by atomic mass is 10.1. The molecule has 2 aromatic rings. The van der Waals surface area contributed by atoms with Gasteiger partial charge in [-0.05, 0) is 18.1 Å². The number of nitrogens with one attached hydrogen (secondary N) is 1. The summed E-state index contributed by atoms with van der Waals surface area (Å²) in [6.45, 7) is 2.15. The van der Waals surface area contributed by atoms with Gasteiger partial charge in [0.2, 0.25) is 0 Å². The van der Waals surface area contributed by atoms with Crippen molar-refractivity contribution < 1.29 is 9.53 Å². The molecule has 0 spiro atoms. The molecule has 0 radical (unpaired) electrons. The summed E-state index contributed by atoms with van der Waals surface area (Å²) < 4.78 is 4.64. The Balaban J connectivity index is 2.17. The van der Waals surface area contributed by atoms with Crippen LogP contribution >= 0.6 is 11.3 Å². The average Bonchev–Trinajstić information content (AvgIpc) is 2.89. The molecule has 0 bridgehead atoms. The Morgan fingerprint density at radius 3 is 2.95 bits per heavy atom. The van der Waals surface area contributed by atoms with Crippen LogP contribution in [0.15, 0.2) is 29.6 Å². The highest BCUT2D eigenvalue weighted by Crippen LogP contribution is 2.24. The number of rotatable bonds is 5. The van der Waals surface area contributed by atoms with Gasteiger partial charge in [-0.2, -0.15) is 0 Å². The summed E-state index contributed by atoms with van der Waals surface area (Å²) in [5.41, 5.74) is 2.62. The zero-order chi connectivity index (χ0) is 13.7. The van der Waals surface area contributed by atoms with E-state index in [1.165, 1.54) is 24.0 Å². The second-order valence-corrected chi connectivity index (χ2v) is 4.92. The Hall–Kier alpha value is -1.88. The maximum Gasteiger partial charge on any atom is 0.357 e. The van der Waals surface area contributed by atoms with Crippen LogP contribution in [0.1, 0.15) is 29.4 Å². The molecular formula is C14H16N2O2S. The molecule has 1 aromatic heterocycles. The van der Waals surface area contributed by atoms with Crippen molar-refractivity contribution in [1.29, 1.82) is 0 Å². The van der Waals surface area contributed by atoms with Crippen LogP contribution in [0, 0.1) is 0 Å². The van der Waals surface area contributed by atoms with Gasteiger partial charge < -0.3 is 10.1 Å². The molecule has 1 aromatic carbocycles. The molecule has 0 unspecified atom stereocenters. The second-order valence-electron chi connectivity index (χ2n) is 4.06. The van der Waals surface area contributed by atoms with Crippen LogP contribution in [0.3, 0.4) is 0 Å². The van der Waals surface area contributed by atoms with Crippen LogP contribution in [-0.2, 0) is 11.2 Å². The van der Waals surface area contributed by atoms with Crippen LogP contribution in [0.4, 0.5) is 10.8 Å². The Morgan fingerprint density at radius 2 is 2.21 bits per heavy atom. The van der Waals surface area contributed by atoms with Crippen molar-refractivity contribution >= 4 is 28.1 Å². The number of carbonyl (C=O) groups excluding carboxylic acids is 1. The fourth-order valence-electron chi connectivity index (χ4n) is 1.77. The number of esters is 1. The minimum atomic E-state index is -0.411. The smallest absolute Gasteiger partial charge is 0.357 e. The van der Waals surface area contributed by atoms with E-state index in [0.717, 1.165) is 18.5 Å². The molecule has 19 heavy (non-hydrogen) atoms. The van der Waals surface area contributed by atoms with Crippen molar-refractivity contribution in [1.82, 2.24) is 4.98 Å². The van der Waals surface area contributed by atoms with Crippen LogP contribution < -0.4 is 5.32 Å². The quantitative estimate of drug-likeness (QED) is 0.847. The molecule has 0 saturated carbocycles. The lowest BCUT2D eigenvalue weighted by Gasteiger charge is -2.08. The largest absolute Gasteiger partial charge is 0.464 e. The summed E-state index contributed by atoms with van der Waals surface area (Å²) in [4.78, 5) is 15.6. The predicted molar refractivity (Wildman–Crippen MR) is 77.2 cm³/mol. The van der Waals surface area contributed by atoms with E-state index < -0.39 is 5.97 Å². The molecule has 2 rings (SSSR count). The first-order valence-electron chi connectivity index (χ1n) is 6.13. The second kappa shape index (κ2) is 6.33. The molecule has 0 amide bonds. The summed E-state index contributed by atoms with van der Waals surface area (Å²) in [7, 11) is 1.35. The predicted octanol–water partition coefficient (Wildman–Crippen LogP) is 3.63. The van der Waals surface area contributed by atoms with E-state index in [1.807, 2.05) is 18.2 Å². The number of nitrogens with zero attached hydrogens (tertiary/aromatic N) is 1. The van der Waals surface area contributed by atoms with Gasteiger partial charge in [0.25, 0.3) is 0 Å². The molecule has 0 aliphatic heterocycles. The summed E-state index contributed by atoms with van der Waals surface area (Å²) >= 11 is 1.39. The number of hydrogen-bond donors (Lipinski definition) is 1. The number of ether oxygens (including phenoxy) is 1. The first-order chi connectivity index (χ1) is 9.24. The zero-order valence-electron chi connectivity index (χ0n) is 11.0. The molecule has 0 fully saturated rings. The van der Waals surface area contributed by atoms with Crippen molar-refractivity contribution in [2.24, 2.45) is 0 Å². The Bertz CT molecular complexity index is 566. The summed E-state index contributed by atoms with van der Waals surface area (Å²) in [5, 5.41) is 5.65. The van der Waals surface area contributed by atoms with Gasteiger partial charge in [-0.15, -0.1) is 11.3 Å². The van der Waals surface area contributed by atoms with E-state index >= 15 is 0 Å². The number of aryl methyl sites for hydroxylation is 1. The van der Waals surface area contributed by atoms with Gasteiger partial charge in [0.1, 0.15) is 0 Å². The number of benzene rings is 1. The van der Waals surface area contributed by atoms with Crippen LogP contribution in [-0.4, -0.2) is 18.1 Å². The number of anilines is 2. The Morgan fingerprint density at radius 1 is 1.42 bits per heavy atom. The average molecular weight is 276 g/mol. The van der Waals surface area contributed by atoms with Gasteiger partial charge in [0.15, 0.2) is 10.8 Å². The fourth-order valence-corrected chi connectivity index (χ4v) is 2.47. The first-order valence-corrected chi connectivity index (χ1v) is 7.01. The lowest BCUT2D eigenvalue weighted by molar-refractivity contribution is 0.0595. The molecule has 1 N–H and O–H groups in total. The highest BCUT2D eigenvalue weighted by atomic mass is 32.1. The topological polar surface area (TPSA) is 51.2 Å². The molecule has 1 heterocycles.